The number of hydrazone groups is 1. The number of carbonyl (C=O) groups is 2. The fourth-order valence-corrected chi connectivity index (χ4v) is 3.34. The van der Waals surface area contributed by atoms with Gasteiger partial charge in [-0.1, -0.05) is 30.3 Å². The van der Waals surface area contributed by atoms with Gasteiger partial charge in [0.15, 0.2) is 5.76 Å². The zero-order valence-electron chi connectivity index (χ0n) is 16.9. The van der Waals surface area contributed by atoms with Gasteiger partial charge in [-0.25, -0.2) is 5.43 Å². The SMILES string of the molecule is Cc1c(C(=O)NC(C)(C)C)oc2c1/C(=N/NC(=O)Cc1ccccc1)CCC2. The lowest BCUT2D eigenvalue weighted by Crippen LogP contribution is -2.40. The van der Waals surface area contributed by atoms with Gasteiger partial charge >= 0.3 is 0 Å². The zero-order valence-corrected chi connectivity index (χ0v) is 16.9. The van der Waals surface area contributed by atoms with Crippen molar-refractivity contribution in [2.75, 3.05) is 0 Å². The first kappa shape index (κ1) is 19.9. The zero-order chi connectivity index (χ0) is 20.3. The Hall–Kier alpha value is -2.89. The maximum Gasteiger partial charge on any atom is 0.287 e. The van der Waals surface area contributed by atoms with Gasteiger partial charge in [0.05, 0.1) is 12.1 Å². The van der Waals surface area contributed by atoms with E-state index in [1.165, 1.54) is 0 Å². The first-order chi connectivity index (χ1) is 13.2. The van der Waals surface area contributed by atoms with Crippen molar-refractivity contribution in [1.82, 2.24) is 10.7 Å². The smallest absolute Gasteiger partial charge is 0.287 e. The normalized spacial score (nSPS) is 15.2. The monoisotopic (exact) mass is 381 g/mol. The van der Waals surface area contributed by atoms with E-state index >= 15 is 0 Å². The molecule has 6 nitrogen and oxygen atoms in total. The molecule has 2 N–H and O–H groups in total. The van der Waals surface area contributed by atoms with Crippen LogP contribution in [0.3, 0.4) is 0 Å². The molecule has 1 aromatic carbocycles. The molecular formula is C22H27N3O3. The third-order valence-corrected chi connectivity index (χ3v) is 4.54. The highest BCUT2D eigenvalue weighted by molar-refractivity contribution is 6.06. The molecule has 0 saturated heterocycles. The van der Waals surface area contributed by atoms with Gasteiger partial charge in [0.25, 0.3) is 5.91 Å². The van der Waals surface area contributed by atoms with Gasteiger partial charge in [0, 0.05) is 23.1 Å². The van der Waals surface area contributed by atoms with E-state index in [0.29, 0.717) is 5.76 Å². The van der Waals surface area contributed by atoms with Crippen LogP contribution in [-0.2, 0) is 17.6 Å². The van der Waals surface area contributed by atoms with Crippen LogP contribution in [0.2, 0.25) is 0 Å². The second-order valence-electron chi connectivity index (χ2n) is 8.17. The predicted octanol–water partition coefficient (Wildman–Crippen LogP) is 3.52. The topological polar surface area (TPSA) is 83.7 Å². The van der Waals surface area contributed by atoms with E-state index in [1.54, 1.807) is 0 Å². The molecule has 0 aliphatic heterocycles. The summed E-state index contributed by atoms with van der Waals surface area (Å²) in [6, 6.07) is 9.54. The van der Waals surface area contributed by atoms with E-state index in [1.807, 2.05) is 58.0 Å². The minimum Gasteiger partial charge on any atom is -0.455 e. The summed E-state index contributed by atoms with van der Waals surface area (Å²) in [6.45, 7) is 7.65. The van der Waals surface area contributed by atoms with Crippen molar-refractivity contribution in [2.24, 2.45) is 5.10 Å². The molecule has 1 aliphatic rings. The van der Waals surface area contributed by atoms with Crippen LogP contribution in [0.1, 0.15) is 66.6 Å². The number of rotatable bonds is 4. The standard InChI is InChI=1S/C22H27N3O3/c1-14-19-16(24-25-18(26)13-15-9-6-5-7-10-15)11-8-12-17(19)28-20(14)21(27)23-22(2,3)4/h5-7,9-10H,8,11-13H2,1-4H3,(H,23,27)(H,25,26)/b24-16+. The van der Waals surface area contributed by atoms with Gasteiger partial charge in [0.2, 0.25) is 5.91 Å². The molecule has 0 saturated carbocycles. The van der Waals surface area contributed by atoms with Crippen LogP contribution in [0.5, 0.6) is 0 Å². The Morgan fingerprint density at radius 2 is 1.86 bits per heavy atom. The molecule has 2 aromatic rings. The number of fused-ring (bicyclic) bond motifs is 1. The number of aryl methyl sites for hydroxylation is 1. The molecule has 0 bridgehead atoms. The van der Waals surface area contributed by atoms with Gasteiger partial charge in [-0.05, 0) is 46.1 Å². The molecule has 28 heavy (non-hydrogen) atoms. The van der Waals surface area contributed by atoms with Crippen molar-refractivity contribution in [1.29, 1.82) is 0 Å². The Morgan fingerprint density at radius 1 is 1.14 bits per heavy atom. The third-order valence-electron chi connectivity index (χ3n) is 4.54. The van der Waals surface area contributed by atoms with Crippen LogP contribution in [0.15, 0.2) is 39.9 Å². The fourth-order valence-electron chi connectivity index (χ4n) is 3.34. The second-order valence-corrected chi connectivity index (χ2v) is 8.17. The highest BCUT2D eigenvalue weighted by atomic mass is 16.4. The van der Waals surface area contributed by atoms with Crippen LogP contribution in [-0.4, -0.2) is 23.1 Å². The fraction of sp³-hybridized carbons (Fsp3) is 0.409. The first-order valence-corrected chi connectivity index (χ1v) is 9.59. The van der Waals surface area contributed by atoms with Crippen LogP contribution in [0.4, 0.5) is 0 Å². The highest BCUT2D eigenvalue weighted by Crippen LogP contribution is 2.30. The largest absolute Gasteiger partial charge is 0.455 e. The Labute approximate surface area is 165 Å². The molecule has 0 atom stereocenters. The average molecular weight is 381 g/mol. The molecule has 0 spiro atoms. The molecule has 2 amide bonds. The summed E-state index contributed by atoms with van der Waals surface area (Å²) in [4.78, 5) is 24.8. The molecule has 1 heterocycles. The quantitative estimate of drug-likeness (QED) is 0.795. The van der Waals surface area contributed by atoms with Crippen LogP contribution < -0.4 is 10.7 Å². The number of furan rings is 1. The molecule has 1 aliphatic carbocycles. The van der Waals surface area contributed by atoms with Crippen LogP contribution in [0, 0.1) is 6.92 Å². The highest BCUT2D eigenvalue weighted by Gasteiger charge is 2.29. The van der Waals surface area contributed by atoms with Crippen molar-refractivity contribution < 1.29 is 14.0 Å². The van der Waals surface area contributed by atoms with Crippen LogP contribution >= 0.6 is 0 Å². The van der Waals surface area contributed by atoms with Crippen molar-refractivity contribution in [3.63, 3.8) is 0 Å². The molecule has 148 valence electrons. The summed E-state index contributed by atoms with van der Waals surface area (Å²) in [7, 11) is 0. The Bertz CT molecular complexity index is 905. The number of carbonyl (C=O) groups excluding carboxylic acids is 2. The van der Waals surface area contributed by atoms with Gasteiger partial charge in [-0.15, -0.1) is 0 Å². The van der Waals surface area contributed by atoms with E-state index in [4.69, 9.17) is 4.42 Å². The van der Waals surface area contributed by atoms with Crippen molar-refractivity contribution >= 4 is 17.5 Å². The van der Waals surface area contributed by atoms with E-state index in [-0.39, 0.29) is 23.8 Å². The second kappa shape index (κ2) is 8.00. The van der Waals surface area contributed by atoms with E-state index in [9.17, 15) is 9.59 Å². The number of hydrogen-bond acceptors (Lipinski definition) is 4. The van der Waals surface area contributed by atoms with Gasteiger partial charge in [-0.3, -0.25) is 9.59 Å². The number of nitrogens with one attached hydrogen (secondary N) is 2. The van der Waals surface area contributed by atoms with E-state index in [2.05, 4.69) is 15.8 Å². The van der Waals surface area contributed by atoms with Gasteiger partial charge in [-0.2, -0.15) is 5.10 Å². The molecule has 0 radical (unpaired) electrons. The molecular weight excluding hydrogens is 354 g/mol. The number of nitrogens with zero attached hydrogens (tertiary/aromatic N) is 1. The number of hydrogen-bond donors (Lipinski definition) is 2. The van der Waals surface area contributed by atoms with Crippen LogP contribution in [0.25, 0.3) is 0 Å². The predicted molar refractivity (Wildman–Crippen MR) is 108 cm³/mol. The molecule has 3 rings (SSSR count). The van der Waals surface area contributed by atoms with Gasteiger partial charge in [0.1, 0.15) is 5.76 Å². The lowest BCUT2D eigenvalue weighted by atomic mass is 9.93. The summed E-state index contributed by atoms with van der Waals surface area (Å²) in [5, 5.41) is 7.29. The minimum absolute atomic E-state index is 0.169. The van der Waals surface area contributed by atoms with E-state index in [0.717, 1.165) is 47.4 Å². The van der Waals surface area contributed by atoms with Crippen molar-refractivity contribution in [2.45, 2.75) is 58.9 Å². The summed E-state index contributed by atoms with van der Waals surface area (Å²) in [6.07, 6.45) is 2.64. The lowest BCUT2D eigenvalue weighted by Gasteiger charge is -2.19. The summed E-state index contributed by atoms with van der Waals surface area (Å²) in [5.41, 5.74) is 5.63. The molecule has 0 fully saturated rings. The minimum atomic E-state index is -0.348. The Morgan fingerprint density at radius 3 is 2.54 bits per heavy atom. The lowest BCUT2D eigenvalue weighted by molar-refractivity contribution is -0.120. The average Bonchev–Trinajstić information content (AvgIpc) is 2.97. The summed E-state index contributed by atoms with van der Waals surface area (Å²) >= 11 is 0. The maximum atomic E-state index is 12.6. The summed E-state index contributed by atoms with van der Waals surface area (Å²) in [5.74, 6) is 0.688. The van der Waals surface area contributed by atoms with Crippen molar-refractivity contribution in [3.8, 4) is 0 Å². The van der Waals surface area contributed by atoms with Crippen molar-refractivity contribution in [3.05, 3.63) is 58.5 Å². The number of benzene rings is 1. The molecule has 6 heteroatoms. The number of amides is 2. The van der Waals surface area contributed by atoms with E-state index < -0.39 is 0 Å². The van der Waals surface area contributed by atoms with Gasteiger partial charge < -0.3 is 9.73 Å². The third kappa shape index (κ3) is 4.68. The first-order valence-electron chi connectivity index (χ1n) is 9.59. The molecule has 0 unspecified atom stereocenters. The molecule has 1 aromatic heterocycles. The Kier molecular flexibility index (Phi) is 5.68. The Balaban J connectivity index is 1.78. The summed E-state index contributed by atoms with van der Waals surface area (Å²) < 4.78 is 5.87. The maximum absolute atomic E-state index is 12.6.